The highest BCUT2D eigenvalue weighted by Gasteiger charge is 2.41. The number of nitrogens with one attached hydrogen (secondary N) is 2. The average Bonchev–Trinajstić information content (AvgIpc) is 3.35. The first-order valence-corrected chi connectivity index (χ1v) is 11.4. The van der Waals surface area contributed by atoms with Crippen LogP contribution in [0.1, 0.15) is 58.3 Å². The number of rotatable bonds is 6. The van der Waals surface area contributed by atoms with Crippen molar-refractivity contribution in [1.29, 1.82) is 0 Å². The lowest BCUT2D eigenvalue weighted by Gasteiger charge is -2.34. The van der Waals surface area contributed by atoms with Gasteiger partial charge in [-0.05, 0) is 44.7 Å². The molecule has 0 bridgehead atoms. The minimum atomic E-state index is -4.79. The molecule has 1 saturated heterocycles. The molecule has 0 saturated carbocycles. The van der Waals surface area contributed by atoms with E-state index in [0.29, 0.717) is 38.5 Å². The van der Waals surface area contributed by atoms with Crippen LogP contribution in [0.3, 0.4) is 0 Å². The largest absolute Gasteiger partial charge is 0.393 e. The Kier molecular flexibility index (Phi) is 6.91. The topological polar surface area (TPSA) is 89.4 Å². The summed E-state index contributed by atoms with van der Waals surface area (Å²) in [5.41, 5.74) is -2.24. The number of nitrogens with zero attached hydrogens (tertiary/aromatic N) is 1. The van der Waals surface area contributed by atoms with E-state index in [-0.39, 0.29) is 29.9 Å². The predicted molar refractivity (Wildman–Crippen MR) is 118 cm³/mol. The van der Waals surface area contributed by atoms with Gasteiger partial charge in [-0.25, -0.2) is 8.78 Å². The fourth-order valence-electron chi connectivity index (χ4n) is 4.69. The molecule has 3 heterocycles. The lowest BCUT2D eigenvalue weighted by atomic mass is 9.92. The smallest absolute Gasteiger partial charge is 0.381 e. The maximum atomic E-state index is 13.6. The number of ether oxygens (including phenoxy) is 1. The summed E-state index contributed by atoms with van der Waals surface area (Å²) in [4.78, 5) is 39.3. The Morgan fingerprint density at radius 3 is 2.44 bits per heavy atom. The van der Waals surface area contributed by atoms with Gasteiger partial charge in [-0.15, -0.1) is 0 Å². The van der Waals surface area contributed by atoms with Crippen LogP contribution in [0.4, 0.5) is 27.6 Å². The van der Waals surface area contributed by atoms with Crippen molar-refractivity contribution in [3.63, 3.8) is 0 Å². The second-order valence-corrected chi connectivity index (χ2v) is 9.24. The molecule has 1 aromatic heterocycles. The first-order chi connectivity index (χ1) is 16.9. The maximum Gasteiger partial charge on any atom is 0.393 e. The van der Waals surface area contributed by atoms with Crippen molar-refractivity contribution >= 4 is 23.3 Å². The summed E-state index contributed by atoms with van der Waals surface area (Å²) in [6, 6.07) is 2.52. The third-order valence-corrected chi connectivity index (χ3v) is 6.48. The summed E-state index contributed by atoms with van der Waals surface area (Å²) in [6.07, 6.45) is -4.91. The molecule has 12 heteroatoms. The number of hydrogen-bond acceptors (Lipinski definition) is 4. The van der Waals surface area contributed by atoms with Gasteiger partial charge in [0, 0.05) is 48.3 Å². The van der Waals surface area contributed by atoms with E-state index < -0.39 is 58.6 Å². The molecule has 2 aliphatic heterocycles. The number of hydrogen-bond donors (Lipinski definition) is 2. The standard InChI is InChI=1S/C24H24F5N3O4/c1-23(6-9-36-10-7-23)31-22(35)20(33)19-14(12-24(27,28)29)18(17-3-2-8-32(17)19)21(34)30-13-4-5-15(25)16(26)11-13/h4-5,11H,2-3,6-10,12H2,1H3,(H,30,34)(H,31,35). The Morgan fingerprint density at radius 1 is 1.11 bits per heavy atom. The number of carbonyl (C=O) groups excluding carboxylic acids is 3. The van der Waals surface area contributed by atoms with Crippen molar-refractivity contribution in [2.24, 2.45) is 0 Å². The third kappa shape index (κ3) is 5.28. The molecule has 4 rings (SSSR count). The van der Waals surface area contributed by atoms with Crippen molar-refractivity contribution in [3.05, 3.63) is 52.3 Å². The second-order valence-electron chi connectivity index (χ2n) is 9.24. The number of benzene rings is 1. The zero-order chi connectivity index (χ0) is 26.3. The van der Waals surface area contributed by atoms with Gasteiger partial charge < -0.3 is 19.9 Å². The average molecular weight is 513 g/mol. The summed E-state index contributed by atoms with van der Waals surface area (Å²) >= 11 is 0. The fraction of sp³-hybridized carbons (Fsp3) is 0.458. The first-order valence-electron chi connectivity index (χ1n) is 11.4. The van der Waals surface area contributed by atoms with Gasteiger partial charge in [0.05, 0.1) is 17.7 Å². The van der Waals surface area contributed by atoms with E-state index in [9.17, 15) is 36.3 Å². The Hall–Kier alpha value is -3.28. The molecule has 2 amide bonds. The number of ketones is 1. The van der Waals surface area contributed by atoms with E-state index in [4.69, 9.17) is 4.74 Å². The third-order valence-electron chi connectivity index (χ3n) is 6.48. The number of halogens is 5. The van der Waals surface area contributed by atoms with Gasteiger partial charge in [0.1, 0.15) is 0 Å². The van der Waals surface area contributed by atoms with E-state index in [1.54, 1.807) is 6.92 Å². The quantitative estimate of drug-likeness (QED) is 0.348. The van der Waals surface area contributed by atoms with Gasteiger partial charge >= 0.3 is 6.18 Å². The molecule has 0 atom stereocenters. The molecule has 194 valence electrons. The number of amides is 2. The molecule has 36 heavy (non-hydrogen) atoms. The van der Waals surface area contributed by atoms with Crippen LogP contribution in [0, 0.1) is 11.6 Å². The number of anilines is 1. The molecular formula is C24H24F5N3O4. The molecule has 1 fully saturated rings. The van der Waals surface area contributed by atoms with Crippen LogP contribution in [0.15, 0.2) is 18.2 Å². The normalized spacial score (nSPS) is 16.9. The minimum absolute atomic E-state index is 0.151. The SMILES string of the molecule is CC1(NC(=O)C(=O)c2c(CC(F)(F)F)c(C(=O)Nc3ccc(F)c(F)c3)c3n2CCC3)CCOCC1. The highest BCUT2D eigenvalue weighted by Crippen LogP contribution is 2.35. The zero-order valence-corrected chi connectivity index (χ0v) is 19.4. The lowest BCUT2D eigenvalue weighted by molar-refractivity contribution is -0.127. The Morgan fingerprint density at radius 2 is 1.81 bits per heavy atom. The number of carbonyl (C=O) groups is 3. The van der Waals surface area contributed by atoms with Crippen LogP contribution in [0.5, 0.6) is 0 Å². The van der Waals surface area contributed by atoms with E-state index >= 15 is 0 Å². The molecular weight excluding hydrogens is 489 g/mol. The van der Waals surface area contributed by atoms with Gasteiger partial charge in [-0.1, -0.05) is 0 Å². The van der Waals surface area contributed by atoms with Crippen LogP contribution in [-0.2, 0) is 28.9 Å². The molecule has 0 unspecified atom stereocenters. The highest BCUT2D eigenvalue weighted by molar-refractivity contribution is 6.43. The van der Waals surface area contributed by atoms with Gasteiger partial charge in [0.25, 0.3) is 17.6 Å². The van der Waals surface area contributed by atoms with Crippen molar-refractivity contribution in [3.8, 4) is 0 Å². The van der Waals surface area contributed by atoms with Crippen LogP contribution in [0.25, 0.3) is 0 Å². The molecule has 2 aliphatic rings. The molecule has 1 aromatic carbocycles. The molecule has 0 radical (unpaired) electrons. The Bertz CT molecular complexity index is 1220. The lowest BCUT2D eigenvalue weighted by Crippen LogP contribution is -2.52. The number of alkyl halides is 3. The monoisotopic (exact) mass is 513 g/mol. The predicted octanol–water partition coefficient (Wildman–Crippen LogP) is 3.94. The van der Waals surface area contributed by atoms with E-state index in [1.165, 1.54) is 4.57 Å². The fourth-order valence-corrected chi connectivity index (χ4v) is 4.69. The second kappa shape index (κ2) is 9.64. The summed E-state index contributed by atoms with van der Waals surface area (Å²) in [6.45, 7) is 2.59. The van der Waals surface area contributed by atoms with Gasteiger partial charge in [0.15, 0.2) is 11.6 Å². The summed E-state index contributed by atoms with van der Waals surface area (Å²) < 4.78 is 74.2. The van der Waals surface area contributed by atoms with Crippen LogP contribution >= 0.6 is 0 Å². The van der Waals surface area contributed by atoms with Crippen LogP contribution in [0.2, 0.25) is 0 Å². The van der Waals surface area contributed by atoms with Crippen molar-refractivity contribution < 1.29 is 41.1 Å². The summed E-state index contributed by atoms with van der Waals surface area (Å²) in [5.74, 6) is -5.66. The van der Waals surface area contributed by atoms with E-state index in [1.807, 2.05) is 0 Å². The van der Waals surface area contributed by atoms with E-state index in [0.717, 1.165) is 12.1 Å². The summed E-state index contributed by atoms with van der Waals surface area (Å²) in [7, 11) is 0. The van der Waals surface area contributed by atoms with Crippen molar-refractivity contribution in [1.82, 2.24) is 9.88 Å². The minimum Gasteiger partial charge on any atom is -0.381 e. The maximum absolute atomic E-state index is 13.6. The van der Waals surface area contributed by atoms with Crippen molar-refractivity contribution in [2.45, 2.75) is 57.3 Å². The molecule has 0 spiro atoms. The number of fused-ring (bicyclic) bond motifs is 1. The number of aromatic nitrogens is 1. The van der Waals surface area contributed by atoms with Crippen LogP contribution < -0.4 is 10.6 Å². The van der Waals surface area contributed by atoms with Gasteiger partial charge in [-0.3, -0.25) is 14.4 Å². The van der Waals surface area contributed by atoms with Gasteiger partial charge in [0.2, 0.25) is 0 Å². The van der Waals surface area contributed by atoms with Crippen molar-refractivity contribution in [2.75, 3.05) is 18.5 Å². The van der Waals surface area contributed by atoms with Gasteiger partial charge in [-0.2, -0.15) is 13.2 Å². The zero-order valence-electron chi connectivity index (χ0n) is 19.4. The molecule has 7 nitrogen and oxygen atoms in total. The highest BCUT2D eigenvalue weighted by atomic mass is 19.4. The number of Topliss-reactive ketones (excluding diaryl/α,β-unsaturated/α-hetero) is 1. The molecule has 0 aliphatic carbocycles. The summed E-state index contributed by atoms with van der Waals surface area (Å²) in [5, 5.41) is 4.91. The molecule has 2 N–H and O–H groups in total. The van der Waals surface area contributed by atoms with Crippen LogP contribution in [-0.4, -0.2) is 47.1 Å². The Balaban J connectivity index is 1.73. The first kappa shape index (κ1) is 25.8. The Labute approximate surface area is 203 Å². The van der Waals surface area contributed by atoms with E-state index in [2.05, 4.69) is 10.6 Å². The molecule has 2 aromatic rings.